The first-order valence-electron chi connectivity index (χ1n) is 5.02. The summed E-state index contributed by atoms with van der Waals surface area (Å²) in [4.78, 5) is 0. The summed E-state index contributed by atoms with van der Waals surface area (Å²) in [5.74, 6) is 0. The van der Waals surface area contributed by atoms with Crippen molar-refractivity contribution in [3.8, 4) is 0 Å². The maximum absolute atomic E-state index is 5.05. The Morgan fingerprint density at radius 2 is 1.71 bits per heavy atom. The topological polar surface area (TPSA) is 21.3 Å². The summed E-state index contributed by atoms with van der Waals surface area (Å²) < 4.78 is 5.05. The second-order valence-corrected chi connectivity index (χ2v) is 3.79. The Kier molecular flexibility index (Phi) is 4.63. The Morgan fingerprint density at radius 3 is 2.21 bits per heavy atom. The Balaban J connectivity index is 2.46. The molecule has 1 aromatic rings. The molecule has 2 nitrogen and oxygen atoms in total. The van der Waals surface area contributed by atoms with Crippen LogP contribution in [0, 0.1) is 0 Å². The van der Waals surface area contributed by atoms with Crippen LogP contribution in [0.25, 0.3) is 0 Å². The lowest BCUT2D eigenvalue weighted by Gasteiger charge is -2.08. The van der Waals surface area contributed by atoms with E-state index in [0.29, 0.717) is 12.6 Å². The Hall–Kier alpha value is -0.860. The molecule has 0 atom stereocenters. The molecule has 0 saturated carbocycles. The minimum atomic E-state index is 0.536. The number of rotatable bonds is 5. The summed E-state index contributed by atoms with van der Waals surface area (Å²) in [7, 11) is 1.72. The molecule has 1 N–H and O–H groups in total. The predicted molar refractivity (Wildman–Crippen MR) is 59.1 cm³/mol. The van der Waals surface area contributed by atoms with Crippen LogP contribution in [0.4, 0.5) is 0 Å². The largest absolute Gasteiger partial charge is 0.380 e. The van der Waals surface area contributed by atoms with E-state index in [1.54, 1.807) is 7.11 Å². The molecule has 1 rings (SSSR count). The highest BCUT2D eigenvalue weighted by Gasteiger charge is 1.95. The molecule has 0 saturated heterocycles. The van der Waals surface area contributed by atoms with E-state index in [2.05, 4.69) is 43.4 Å². The van der Waals surface area contributed by atoms with Gasteiger partial charge in [-0.05, 0) is 11.1 Å². The lowest BCUT2D eigenvalue weighted by Crippen LogP contribution is -2.21. The van der Waals surface area contributed by atoms with E-state index in [-0.39, 0.29) is 0 Å². The smallest absolute Gasteiger partial charge is 0.0713 e. The maximum Gasteiger partial charge on any atom is 0.0713 e. The van der Waals surface area contributed by atoms with Gasteiger partial charge in [0.2, 0.25) is 0 Å². The van der Waals surface area contributed by atoms with Gasteiger partial charge >= 0.3 is 0 Å². The molecule has 2 heteroatoms. The van der Waals surface area contributed by atoms with E-state index < -0.39 is 0 Å². The average molecular weight is 193 g/mol. The third-order valence-electron chi connectivity index (χ3n) is 2.05. The van der Waals surface area contributed by atoms with Crippen molar-refractivity contribution in [3.63, 3.8) is 0 Å². The summed E-state index contributed by atoms with van der Waals surface area (Å²) in [5, 5.41) is 3.38. The molecule has 0 aliphatic heterocycles. The third-order valence-corrected chi connectivity index (χ3v) is 2.05. The second-order valence-electron chi connectivity index (χ2n) is 3.79. The molecular weight excluding hydrogens is 174 g/mol. The van der Waals surface area contributed by atoms with E-state index in [1.165, 1.54) is 11.1 Å². The van der Waals surface area contributed by atoms with Crippen molar-refractivity contribution in [2.75, 3.05) is 7.11 Å². The van der Waals surface area contributed by atoms with Crippen LogP contribution in [0.3, 0.4) is 0 Å². The number of ether oxygens (including phenoxy) is 1. The zero-order valence-corrected chi connectivity index (χ0v) is 9.21. The Morgan fingerprint density at radius 1 is 1.14 bits per heavy atom. The average Bonchev–Trinajstić information content (AvgIpc) is 2.17. The summed E-state index contributed by atoms with van der Waals surface area (Å²) in [6, 6.07) is 9.04. The molecule has 1 aromatic carbocycles. The molecular formula is C12H19NO. The van der Waals surface area contributed by atoms with Crippen molar-refractivity contribution < 1.29 is 4.74 Å². The highest BCUT2D eigenvalue weighted by molar-refractivity contribution is 5.21. The van der Waals surface area contributed by atoms with Crippen molar-refractivity contribution in [2.45, 2.75) is 33.0 Å². The molecule has 0 heterocycles. The number of hydrogen-bond donors (Lipinski definition) is 1. The monoisotopic (exact) mass is 193 g/mol. The zero-order chi connectivity index (χ0) is 10.4. The standard InChI is InChI=1S/C12H19NO/c1-10(2)13-8-11-4-6-12(7-5-11)9-14-3/h4-7,10,13H,8-9H2,1-3H3. The molecule has 0 spiro atoms. The fraction of sp³-hybridized carbons (Fsp3) is 0.500. The second kappa shape index (κ2) is 5.78. The van der Waals surface area contributed by atoms with E-state index in [1.807, 2.05) is 0 Å². The summed E-state index contributed by atoms with van der Waals surface area (Å²) in [6.45, 7) is 5.93. The van der Waals surface area contributed by atoms with E-state index in [0.717, 1.165) is 6.54 Å². The summed E-state index contributed by atoms with van der Waals surface area (Å²) in [5.41, 5.74) is 2.54. The van der Waals surface area contributed by atoms with Gasteiger partial charge in [0.25, 0.3) is 0 Å². The van der Waals surface area contributed by atoms with Crippen molar-refractivity contribution >= 4 is 0 Å². The van der Waals surface area contributed by atoms with Crippen molar-refractivity contribution in [3.05, 3.63) is 35.4 Å². The van der Waals surface area contributed by atoms with Crippen LogP contribution in [-0.4, -0.2) is 13.2 Å². The van der Waals surface area contributed by atoms with Crippen LogP contribution in [0.1, 0.15) is 25.0 Å². The van der Waals surface area contributed by atoms with Crippen molar-refractivity contribution in [2.24, 2.45) is 0 Å². The predicted octanol–water partition coefficient (Wildman–Crippen LogP) is 2.33. The van der Waals surface area contributed by atoms with Gasteiger partial charge in [-0.3, -0.25) is 0 Å². The minimum Gasteiger partial charge on any atom is -0.380 e. The zero-order valence-electron chi connectivity index (χ0n) is 9.21. The lowest BCUT2D eigenvalue weighted by atomic mass is 10.1. The fourth-order valence-electron chi connectivity index (χ4n) is 1.24. The first-order valence-corrected chi connectivity index (χ1v) is 5.02. The van der Waals surface area contributed by atoms with Gasteiger partial charge in [0.1, 0.15) is 0 Å². The van der Waals surface area contributed by atoms with Crippen LogP contribution in [0.5, 0.6) is 0 Å². The lowest BCUT2D eigenvalue weighted by molar-refractivity contribution is 0.185. The fourth-order valence-corrected chi connectivity index (χ4v) is 1.24. The Bertz CT molecular complexity index is 254. The highest BCUT2D eigenvalue weighted by atomic mass is 16.5. The van der Waals surface area contributed by atoms with Crippen LogP contribution in [0.2, 0.25) is 0 Å². The van der Waals surface area contributed by atoms with Crippen LogP contribution in [-0.2, 0) is 17.9 Å². The molecule has 0 unspecified atom stereocenters. The van der Waals surface area contributed by atoms with Crippen LogP contribution < -0.4 is 5.32 Å². The summed E-state index contributed by atoms with van der Waals surface area (Å²) in [6.07, 6.45) is 0. The third kappa shape index (κ3) is 3.90. The summed E-state index contributed by atoms with van der Waals surface area (Å²) >= 11 is 0. The van der Waals surface area contributed by atoms with Gasteiger partial charge in [-0.2, -0.15) is 0 Å². The Labute approximate surface area is 86.3 Å². The van der Waals surface area contributed by atoms with E-state index >= 15 is 0 Å². The van der Waals surface area contributed by atoms with Crippen LogP contribution in [0.15, 0.2) is 24.3 Å². The van der Waals surface area contributed by atoms with E-state index in [4.69, 9.17) is 4.74 Å². The van der Waals surface area contributed by atoms with Gasteiger partial charge in [0.05, 0.1) is 6.61 Å². The van der Waals surface area contributed by atoms with E-state index in [9.17, 15) is 0 Å². The molecule has 0 bridgehead atoms. The SMILES string of the molecule is COCc1ccc(CNC(C)C)cc1. The number of benzene rings is 1. The first kappa shape index (κ1) is 11.2. The highest BCUT2D eigenvalue weighted by Crippen LogP contribution is 2.05. The molecule has 0 aromatic heterocycles. The van der Waals surface area contributed by atoms with Gasteiger partial charge in [0, 0.05) is 19.7 Å². The van der Waals surface area contributed by atoms with Gasteiger partial charge in [-0.15, -0.1) is 0 Å². The molecule has 0 aliphatic carbocycles. The molecule has 0 radical (unpaired) electrons. The minimum absolute atomic E-state index is 0.536. The first-order chi connectivity index (χ1) is 6.72. The molecule has 0 amide bonds. The molecule has 14 heavy (non-hydrogen) atoms. The maximum atomic E-state index is 5.05. The number of hydrogen-bond acceptors (Lipinski definition) is 2. The van der Waals surface area contributed by atoms with Crippen LogP contribution >= 0.6 is 0 Å². The van der Waals surface area contributed by atoms with Gasteiger partial charge < -0.3 is 10.1 Å². The van der Waals surface area contributed by atoms with Gasteiger partial charge in [-0.25, -0.2) is 0 Å². The normalized spacial score (nSPS) is 10.9. The molecule has 0 fully saturated rings. The van der Waals surface area contributed by atoms with Gasteiger partial charge in [0.15, 0.2) is 0 Å². The van der Waals surface area contributed by atoms with Gasteiger partial charge in [-0.1, -0.05) is 38.1 Å². The van der Waals surface area contributed by atoms with Crippen molar-refractivity contribution in [1.82, 2.24) is 5.32 Å². The van der Waals surface area contributed by atoms with Crippen molar-refractivity contribution in [1.29, 1.82) is 0 Å². The molecule has 78 valence electrons. The number of methoxy groups -OCH3 is 1. The quantitative estimate of drug-likeness (QED) is 0.775. The number of nitrogens with one attached hydrogen (secondary N) is 1. The molecule has 0 aliphatic rings.